The van der Waals surface area contributed by atoms with Crippen molar-refractivity contribution in [3.63, 3.8) is 0 Å². The summed E-state index contributed by atoms with van der Waals surface area (Å²) in [6.45, 7) is 5.93. The Morgan fingerprint density at radius 1 is 1.20 bits per heavy atom. The average molecular weight is 344 g/mol. The van der Waals surface area contributed by atoms with Gasteiger partial charge < -0.3 is 14.8 Å². The Balaban J connectivity index is 2.87. The van der Waals surface area contributed by atoms with Crippen molar-refractivity contribution < 1.29 is 14.3 Å². The molecule has 1 amide bonds. The number of ether oxygens (including phenoxy) is 2. The summed E-state index contributed by atoms with van der Waals surface area (Å²) in [5.41, 5.74) is 0.921. The first-order valence-corrected chi connectivity index (χ1v) is 7.48. The lowest BCUT2D eigenvalue weighted by atomic mass is 10.1. The van der Waals surface area contributed by atoms with Gasteiger partial charge in [0.2, 0.25) is 5.91 Å². The van der Waals surface area contributed by atoms with Gasteiger partial charge in [-0.2, -0.15) is 0 Å². The first-order chi connectivity index (χ1) is 9.40. The monoisotopic (exact) mass is 343 g/mol. The summed E-state index contributed by atoms with van der Waals surface area (Å²) in [5, 5.41) is 2.98. The zero-order valence-electron chi connectivity index (χ0n) is 12.6. The lowest BCUT2D eigenvalue weighted by Gasteiger charge is -2.21. The lowest BCUT2D eigenvalue weighted by molar-refractivity contribution is -0.121. The van der Waals surface area contributed by atoms with Crippen LogP contribution in [0.15, 0.2) is 18.2 Å². The van der Waals surface area contributed by atoms with Crippen LogP contribution >= 0.6 is 15.9 Å². The van der Waals surface area contributed by atoms with E-state index in [1.807, 2.05) is 39.0 Å². The smallest absolute Gasteiger partial charge is 0.234 e. The molecule has 0 spiro atoms. The molecule has 20 heavy (non-hydrogen) atoms. The molecule has 2 unspecified atom stereocenters. The number of benzene rings is 1. The van der Waals surface area contributed by atoms with Crippen molar-refractivity contribution in [1.29, 1.82) is 0 Å². The van der Waals surface area contributed by atoms with E-state index in [9.17, 15) is 4.79 Å². The topological polar surface area (TPSA) is 47.6 Å². The second-order valence-electron chi connectivity index (χ2n) is 4.98. The van der Waals surface area contributed by atoms with E-state index in [2.05, 4.69) is 21.2 Å². The zero-order valence-corrected chi connectivity index (χ0v) is 14.2. The maximum absolute atomic E-state index is 12.1. The second kappa shape index (κ2) is 7.53. The Morgan fingerprint density at radius 2 is 1.85 bits per heavy atom. The van der Waals surface area contributed by atoms with E-state index in [1.54, 1.807) is 14.2 Å². The molecule has 1 aromatic rings. The van der Waals surface area contributed by atoms with Gasteiger partial charge in [-0.25, -0.2) is 0 Å². The molecular weight excluding hydrogens is 322 g/mol. The molecule has 0 heterocycles. The van der Waals surface area contributed by atoms with Crippen molar-refractivity contribution in [3.05, 3.63) is 23.8 Å². The second-order valence-corrected chi connectivity index (χ2v) is 5.97. The van der Waals surface area contributed by atoms with Crippen molar-refractivity contribution in [1.82, 2.24) is 5.32 Å². The fraction of sp³-hybridized carbons (Fsp3) is 0.533. The van der Waals surface area contributed by atoms with Crippen LogP contribution in [-0.4, -0.2) is 25.0 Å². The normalized spacial score (nSPS) is 13.8. The molecule has 0 aromatic heterocycles. The minimum atomic E-state index is -0.200. The molecule has 0 fully saturated rings. The van der Waals surface area contributed by atoms with Gasteiger partial charge in [0.15, 0.2) is 0 Å². The van der Waals surface area contributed by atoms with Gasteiger partial charge in [-0.3, -0.25) is 4.79 Å². The van der Waals surface area contributed by atoms with Crippen LogP contribution in [0.2, 0.25) is 0 Å². The molecule has 0 aliphatic heterocycles. The molecular formula is C15H22BrNO3. The third-order valence-electron chi connectivity index (χ3n) is 3.10. The molecule has 0 saturated heterocycles. The highest BCUT2D eigenvalue weighted by Crippen LogP contribution is 2.29. The Bertz CT molecular complexity index is 462. The van der Waals surface area contributed by atoms with Gasteiger partial charge in [0.25, 0.3) is 0 Å². The summed E-state index contributed by atoms with van der Waals surface area (Å²) in [4.78, 5) is 11.9. The zero-order chi connectivity index (χ0) is 15.3. The maximum atomic E-state index is 12.1. The van der Waals surface area contributed by atoms with Gasteiger partial charge in [0, 0.05) is 11.6 Å². The third kappa shape index (κ3) is 4.13. The Morgan fingerprint density at radius 3 is 2.35 bits per heavy atom. The van der Waals surface area contributed by atoms with Crippen molar-refractivity contribution in [2.75, 3.05) is 14.2 Å². The van der Waals surface area contributed by atoms with Crippen LogP contribution in [0.4, 0.5) is 0 Å². The fourth-order valence-corrected chi connectivity index (χ4v) is 1.98. The number of carbonyl (C=O) groups is 1. The number of rotatable bonds is 6. The molecule has 0 bridgehead atoms. The molecule has 112 valence electrons. The number of hydrogen-bond donors (Lipinski definition) is 1. The Labute approximate surface area is 129 Å². The van der Waals surface area contributed by atoms with Crippen LogP contribution in [0.3, 0.4) is 0 Å². The van der Waals surface area contributed by atoms with E-state index in [0.29, 0.717) is 5.75 Å². The summed E-state index contributed by atoms with van der Waals surface area (Å²) in [7, 11) is 3.21. The molecule has 5 heteroatoms. The highest BCUT2D eigenvalue weighted by atomic mass is 79.9. The number of alkyl halides is 1. The largest absolute Gasteiger partial charge is 0.497 e. The highest BCUT2D eigenvalue weighted by Gasteiger charge is 2.22. The van der Waals surface area contributed by atoms with Crippen LogP contribution in [0.1, 0.15) is 32.4 Å². The molecule has 2 atom stereocenters. The summed E-state index contributed by atoms with van der Waals surface area (Å²) < 4.78 is 10.5. The highest BCUT2D eigenvalue weighted by molar-refractivity contribution is 9.10. The molecule has 1 rings (SSSR count). The molecule has 4 nitrogen and oxygen atoms in total. The van der Waals surface area contributed by atoms with E-state index < -0.39 is 0 Å². The summed E-state index contributed by atoms with van der Waals surface area (Å²) in [5.74, 6) is 1.64. The van der Waals surface area contributed by atoms with E-state index in [1.165, 1.54) is 0 Å². The SMILES string of the molecule is COc1ccc(C(C)NC(=O)C(Br)C(C)C)c(OC)c1. The number of nitrogens with one attached hydrogen (secondary N) is 1. The lowest BCUT2D eigenvalue weighted by Crippen LogP contribution is -2.35. The first kappa shape index (κ1) is 16.8. The van der Waals surface area contributed by atoms with E-state index in [0.717, 1.165) is 11.3 Å². The third-order valence-corrected chi connectivity index (χ3v) is 4.57. The van der Waals surface area contributed by atoms with Gasteiger partial charge in [0.05, 0.1) is 25.1 Å². The van der Waals surface area contributed by atoms with E-state index in [4.69, 9.17) is 9.47 Å². The van der Waals surface area contributed by atoms with Crippen molar-refractivity contribution >= 4 is 21.8 Å². The molecule has 0 aliphatic carbocycles. The van der Waals surface area contributed by atoms with Gasteiger partial charge >= 0.3 is 0 Å². The predicted molar refractivity (Wildman–Crippen MR) is 83.7 cm³/mol. The molecule has 1 aromatic carbocycles. The van der Waals surface area contributed by atoms with Crippen LogP contribution in [-0.2, 0) is 4.79 Å². The minimum Gasteiger partial charge on any atom is -0.497 e. The van der Waals surface area contributed by atoms with Gasteiger partial charge in [-0.1, -0.05) is 29.8 Å². The summed E-state index contributed by atoms with van der Waals surface area (Å²) in [6, 6.07) is 5.43. The summed E-state index contributed by atoms with van der Waals surface area (Å²) >= 11 is 3.40. The van der Waals surface area contributed by atoms with Crippen LogP contribution in [0.25, 0.3) is 0 Å². The standard InChI is InChI=1S/C15H22BrNO3/c1-9(2)14(16)15(18)17-10(3)12-7-6-11(19-4)8-13(12)20-5/h6-10,14H,1-5H3,(H,17,18). The molecule has 0 radical (unpaired) electrons. The Hall–Kier alpha value is -1.23. The number of hydrogen-bond acceptors (Lipinski definition) is 3. The molecule has 0 saturated carbocycles. The number of amides is 1. The fourth-order valence-electron chi connectivity index (χ4n) is 1.85. The van der Waals surface area contributed by atoms with Gasteiger partial charge in [-0.05, 0) is 25.0 Å². The van der Waals surface area contributed by atoms with Crippen LogP contribution in [0.5, 0.6) is 11.5 Å². The summed E-state index contributed by atoms with van der Waals surface area (Å²) in [6.07, 6.45) is 0. The van der Waals surface area contributed by atoms with E-state index >= 15 is 0 Å². The minimum absolute atomic E-state index is 0.0228. The first-order valence-electron chi connectivity index (χ1n) is 6.57. The van der Waals surface area contributed by atoms with E-state index in [-0.39, 0.29) is 22.7 Å². The quantitative estimate of drug-likeness (QED) is 0.806. The van der Waals surface area contributed by atoms with Crippen molar-refractivity contribution in [2.24, 2.45) is 5.92 Å². The van der Waals surface area contributed by atoms with Gasteiger partial charge in [-0.15, -0.1) is 0 Å². The maximum Gasteiger partial charge on any atom is 0.234 e. The molecule has 0 aliphatic rings. The average Bonchev–Trinajstić information content (AvgIpc) is 2.45. The van der Waals surface area contributed by atoms with Crippen molar-refractivity contribution in [3.8, 4) is 11.5 Å². The predicted octanol–water partition coefficient (Wildman–Crippen LogP) is 3.30. The number of halogens is 1. The van der Waals surface area contributed by atoms with Gasteiger partial charge in [0.1, 0.15) is 11.5 Å². The Kier molecular flexibility index (Phi) is 6.33. The molecule has 1 N–H and O–H groups in total. The van der Waals surface area contributed by atoms with Crippen LogP contribution < -0.4 is 14.8 Å². The number of carbonyl (C=O) groups excluding carboxylic acids is 1. The number of methoxy groups -OCH3 is 2. The van der Waals surface area contributed by atoms with Crippen molar-refractivity contribution in [2.45, 2.75) is 31.6 Å². The van der Waals surface area contributed by atoms with Crippen LogP contribution in [0, 0.1) is 5.92 Å².